The summed E-state index contributed by atoms with van der Waals surface area (Å²) in [5.74, 6) is -0.961. The van der Waals surface area contributed by atoms with Gasteiger partial charge in [-0.1, -0.05) is 0 Å². The van der Waals surface area contributed by atoms with Gasteiger partial charge in [0, 0.05) is 0 Å². The van der Waals surface area contributed by atoms with Crippen LogP contribution in [0.5, 0.6) is 0 Å². The van der Waals surface area contributed by atoms with Crippen molar-refractivity contribution >= 4 is 5.97 Å². The summed E-state index contributed by atoms with van der Waals surface area (Å²) in [6, 6.07) is 0. The molecule has 4 heteroatoms. The van der Waals surface area contributed by atoms with Crippen LogP contribution in [0.2, 0.25) is 0 Å². The molecule has 0 aromatic heterocycles. The second-order valence-corrected chi connectivity index (χ2v) is 0.867. The first-order valence-corrected chi connectivity index (χ1v) is 1.60. The number of carboxylic acid groups (broad SMARTS) is 1. The average molecular weight is 129 g/mol. The van der Waals surface area contributed by atoms with Gasteiger partial charge in [0.1, 0.15) is 0 Å². The normalized spacial score (nSPS) is 7.00. The van der Waals surface area contributed by atoms with Gasteiger partial charge in [-0.15, -0.1) is 0 Å². The summed E-state index contributed by atoms with van der Waals surface area (Å²) in [4.78, 5) is 9.44. The number of carboxylic acids is 1. The smallest absolute Gasteiger partial charge is 0.481 e. The summed E-state index contributed by atoms with van der Waals surface area (Å²) in [5.41, 5.74) is 0. The van der Waals surface area contributed by atoms with E-state index in [0.717, 1.165) is 0 Å². The summed E-state index contributed by atoms with van der Waals surface area (Å²) in [7, 11) is 0. The SMILES string of the molecule is O=C(O)CCO.[K+]. The van der Waals surface area contributed by atoms with Gasteiger partial charge in [0.2, 0.25) is 0 Å². The summed E-state index contributed by atoms with van der Waals surface area (Å²) < 4.78 is 0. The van der Waals surface area contributed by atoms with E-state index < -0.39 is 5.97 Å². The first-order valence-electron chi connectivity index (χ1n) is 1.60. The van der Waals surface area contributed by atoms with E-state index >= 15 is 0 Å². The van der Waals surface area contributed by atoms with E-state index in [0.29, 0.717) is 0 Å². The van der Waals surface area contributed by atoms with Crippen LogP contribution in [0.1, 0.15) is 6.42 Å². The number of rotatable bonds is 2. The van der Waals surface area contributed by atoms with E-state index in [1.54, 1.807) is 0 Å². The summed E-state index contributed by atoms with van der Waals surface area (Å²) in [6.07, 6.45) is -0.153. The molecule has 0 spiro atoms. The van der Waals surface area contributed by atoms with Crippen LogP contribution in [0.4, 0.5) is 0 Å². The number of aliphatic hydroxyl groups excluding tert-OH is 1. The van der Waals surface area contributed by atoms with Gasteiger partial charge in [-0.2, -0.15) is 0 Å². The van der Waals surface area contributed by atoms with E-state index in [2.05, 4.69) is 0 Å². The molecule has 3 nitrogen and oxygen atoms in total. The molecule has 2 N–H and O–H groups in total. The zero-order valence-corrected chi connectivity index (χ0v) is 7.34. The van der Waals surface area contributed by atoms with Crippen LogP contribution in [-0.4, -0.2) is 22.8 Å². The van der Waals surface area contributed by atoms with Crippen molar-refractivity contribution in [2.75, 3.05) is 6.61 Å². The summed E-state index contributed by atoms with van der Waals surface area (Å²) >= 11 is 0. The molecule has 36 valence electrons. The molecule has 0 saturated heterocycles. The third kappa shape index (κ3) is 11.0. The van der Waals surface area contributed by atoms with Crippen LogP contribution in [0.15, 0.2) is 0 Å². The Bertz CT molecular complexity index is 54.1. The molecule has 0 bridgehead atoms. The average Bonchev–Trinajstić information content (AvgIpc) is 1.35. The van der Waals surface area contributed by atoms with E-state index in [1.165, 1.54) is 0 Å². The van der Waals surface area contributed by atoms with Gasteiger partial charge in [-0.3, -0.25) is 4.79 Å². The Balaban J connectivity index is 0. The van der Waals surface area contributed by atoms with Crippen molar-refractivity contribution in [2.45, 2.75) is 6.42 Å². The van der Waals surface area contributed by atoms with E-state index in [1.807, 2.05) is 0 Å². The van der Waals surface area contributed by atoms with Gasteiger partial charge in [0.05, 0.1) is 13.0 Å². The van der Waals surface area contributed by atoms with E-state index in [-0.39, 0.29) is 64.4 Å². The molecule has 0 aliphatic carbocycles. The predicted molar refractivity (Wildman–Crippen MR) is 19.3 cm³/mol. The third-order valence-electron chi connectivity index (χ3n) is 0.326. The van der Waals surface area contributed by atoms with Crippen molar-refractivity contribution in [3.8, 4) is 0 Å². The van der Waals surface area contributed by atoms with Gasteiger partial charge >= 0.3 is 57.4 Å². The Labute approximate surface area is 84.1 Å². The molecular weight excluding hydrogens is 123 g/mol. The molecule has 0 aromatic rings. The second kappa shape index (κ2) is 7.07. The molecule has 0 fully saturated rings. The van der Waals surface area contributed by atoms with Crippen LogP contribution >= 0.6 is 0 Å². The number of aliphatic carboxylic acids is 1. The first kappa shape index (κ1) is 10.9. The standard InChI is InChI=1S/C3H6O3.K/c4-2-1-3(5)6;/h4H,1-2H2,(H,5,6);/q;+1. The fourth-order valence-corrected chi connectivity index (χ4v) is 0.0956. The molecule has 0 aromatic carbocycles. The molecular formula is C3H6KO3+. The zero-order valence-electron chi connectivity index (χ0n) is 4.22. The molecule has 0 heterocycles. The molecule has 0 saturated carbocycles. The van der Waals surface area contributed by atoms with Crippen molar-refractivity contribution in [3.05, 3.63) is 0 Å². The molecule has 0 aliphatic rings. The number of aliphatic hydroxyl groups is 1. The molecule has 0 radical (unpaired) electrons. The fraction of sp³-hybridized carbons (Fsp3) is 0.667. The van der Waals surface area contributed by atoms with Crippen LogP contribution in [0.25, 0.3) is 0 Å². The monoisotopic (exact) mass is 129 g/mol. The maximum absolute atomic E-state index is 9.44. The predicted octanol–water partition coefficient (Wildman–Crippen LogP) is -3.54. The Morgan fingerprint density at radius 2 is 2.00 bits per heavy atom. The number of hydrogen-bond acceptors (Lipinski definition) is 2. The minimum absolute atomic E-state index is 0. The Morgan fingerprint density at radius 3 is 2.00 bits per heavy atom. The minimum Gasteiger partial charge on any atom is -0.481 e. The third-order valence-corrected chi connectivity index (χ3v) is 0.326. The van der Waals surface area contributed by atoms with Crippen LogP contribution in [0.3, 0.4) is 0 Å². The maximum atomic E-state index is 9.44. The molecule has 0 atom stereocenters. The van der Waals surface area contributed by atoms with Crippen LogP contribution < -0.4 is 51.4 Å². The quantitative estimate of drug-likeness (QED) is 0.380. The Hall–Kier alpha value is 1.07. The Morgan fingerprint density at radius 1 is 1.57 bits per heavy atom. The van der Waals surface area contributed by atoms with Crippen LogP contribution in [0, 0.1) is 0 Å². The van der Waals surface area contributed by atoms with Crippen molar-refractivity contribution in [1.82, 2.24) is 0 Å². The van der Waals surface area contributed by atoms with Crippen LogP contribution in [-0.2, 0) is 4.79 Å². The molecule has 7 heavy (non-hydrogen) atoms. The molecule has 0 amide bonds. The molecule has 0 aliphatic heterocycles. The van der Waals surface area contributed by atoms with Gasteiger partial charge < -0.3 is 10.2 Å². The largest absolute Gasteiger partial charge is 1.00 e. The van der Waals surface area contributed by atoms with E-state index in [4.69, 9.17) is 10.2 Å². The minimum atomic E-state index is -0.961. The maximum Gasteiger partial charge on any atom is 1.00 e. The number of hydrogen-bond donors (Lipinski definition) is 2. The Kier molecular flexibility index (Phi) is 11.0. The zero-order chi connectivity index (χ0) is 4.99. The van der Waals surface area contributed by atoms with Gasteiger partial charge in [0.25, 0.3) is 0 Å². The molecule has 0 rings (SSSR count). The van der Waals surface area contributed by atoms with Crippen molar-refractivity contribution < 1.29 is 66.4 Å². The topological polar surface area (TPSA) is 57.5 Å². The molecule has 0 unspecified atom stereocenters. The van der Waals surface area contributed by atoms with Crippen molar-refractivity contribution in [3.63, 3.8) is 0 Å². The van der Waals surface area contributed by atoms with Crippen molar-refractivity contribution in [1.29, 1.82) is 0 Å². The fourth-order valence-electron chi connectivity index (χ4n) is 0.0956. The first-order chi connectivity index (χ1) is 2.77. The van der Waals surface area contributed by atoms with E-state index in [9.17, 15) is 4.79 Å². The van der Waals surface area contributed by atoms with Gasteiger partial charge in [-0.25, -0.2) is 0 Å². The van der Waals surface area contributed by atoms with Crippen molar-refractivity contribution in [2.24, 2.45) is 0 Å². The van der Waals surface area contributed by atoms with Gasteiger partial charge in [-0.05, 0) is 0 Å². The number of carbonyl (C=O) groups is 1. The summed E-state index contributed by atoms with van der Waals surface area (Å²) in [6.45, 7) is -0.269. The second-order valence-electron chi connectivity index (χ2n) is 0.867. The summed E-state index contributed by atoms with van der Waals surface area (Å²) in [5, 5.41) is 15.6. The van der Waals surface area contributed by atoms with Gasteiger partial charge in [0.15, 0.2) is 0 Å².